The van der Waals surface area contributed by atoms with Gasteiger partial charge in [-0.1, -0.05) is 6.92 Å². The van der Waals surface area contributed by atoms with Gasteiger partial charge in [0.2, 0.25) is 0 Å². The van der Waals surface area contributed by atoms with Crippen LogP contribution in [0.2, 0.25) is 0 Å². The van der Waals surface area contributed by atoms with Gasteiger partial charge in [0.15, 0.2) is 0 Å². The van der Waals surface area contributed by atoms with E-state index in [0.717, 1.165) is 5.92 Å². The van der Waals surface area contributed by atoms with E-state index in [-0.39, 0.29) is 0 Å². The van der Waals surface area contributed by atoms with Crippen LogP contribution >= 0.6 is 0 Å². The van der Waals surface area contributed by atoms with Crippen LogP contribution in [0.15, 0.2) is 0 Å². The Morgan fingerprint density at radius 2 is 2.23 bits per heavy atom. The third-order valence-corrected chi connectivity index (χ3v) is 3.55. The zero-order chi connectivity index (χ0) is 9.31. The molecule has 1 saturated carbocycles. The fraction of sp³-hybridized carbons (Fsp3) is 1.00. The molecule has 0 radical (unpaired) electrons. The largest absolute Gasteiger partial charge is 0.309 e. The Hall–Kier alpha value is -0.0800. The summed E-state index contributed by atoms with van der Waals surface area (Å²) in [5.74, 6) is 1.04. The minimum absolute atomic E-state index is 0.382. The topological polar surface area (TPSA) is 15.3 Å². The molecule has 0 spiro atoms. The quantitative estimate of drug-likeness (QED) is 0.711. The van der Waals surface area contributed by atoms with Crippen LogP contribution < -0.4 is 5.32 Å². The van der Waals surface area contributed by atoms with E-state index in [4.69, 9.17) is 0 Å². The molecule has 1 N–H and O–H groups in total. The molecule has 1 aliphatic carbocycles. The molecule has 0 aromatic heterocycles. The van der Waals surface area contributed by atoms with Crippen LogP contribution in [0.5, 0.6) is 0 Å². The third kappa shape index (κ3) is 2.44. The molecule has 1 aliphatic heterocycles. The first-order chi connectivity index (χ1) is 6.22. The van der Waals surface area contributed by atoms with Gasteiger partial charge in [-0.05, 0) is 32.1 Å². The second kappa shape index (κ2) is 3.58. The number of hydrogen-bond acceptors (Lipinski definition) is 2. The molecule has 2 nitrogen and oxygen atoms in total. The van der Waals surface area contributed by atoms with Crippen LogP contribution in [-0.2, 0) is 0 Å². The van der Waals surface area contributed by atoms with Crippen molar-refractivity contribution < 1.29 is 0 Å². The molecule has 2 fully saturated rings. The van der Waals surface area contributed by atoms with E-state index < -0.39 is 0 Å². The number of nitrogens with one attached hydrogen (secondary N) is 1. The smallest absolute Gasteiger partial charge is 0.0278 e. The average Bonchev–Trinajstić information content (AvgIpc) is 2.89. The van der Waals surface area contributed by atoms with Gasteiger partial charge in [-0.25, -0.2) is 0 Å². The lowest BCUT2D eigenvalue weighted by atomic mass is 9.96. The predicted octanol–water partition coefficient (Wildman–Crippen LogP) is 1.47. The molecule has 2 heteroatoms. The Bertz CT molecular complexity index is 177. The van der Waals surface area contributed by atoms with Gasteiger partial charge in [-0.15, -0.1) is 0 Å². The van der Waals surface area contributed by atoms with Gasteiger partial charge in [0.1, 0.15) is 0 Å². The molecule has 0 aromatic carbocycles. The number of rotatable bonds is 3. The highest BCUT2D eigenvalue weighted by Crippen LogP contribution is 2.30. The zero-order valence-corrected chi connectivity index (χ0v) is 8.97. The van der Waals surface area contributed by atoms with Gasteiger partial charge >= 0.3 is 0 Å². The summed E-state index contributed by atoms with van der Waals surface area (Å²) in [5, 5.41) is 3.63. The van der Waals surface area contributed by atoms with E-state index in [1.54, 1.807) is 0 Å². The van der Waals surface area contributed by atoms with E-state index in [9.17, 15) is 0 Å². The van der Waals surface area contributed by atoms with Crippen LogP contribution in [0, 0.1) is 5.92 Å². The molecular weight excluding hydrogens is 160 g/mol. The molecule has 76 valence electrons. The lowest BCUT2D eigenvalue weighted by Gasteiger charge is -2.41. The van der Waals surface area contributed by atoms with E-state index in [0.29, 0.717) is 5.54 Å². The van der Waals surface area contributed by atoms with Gasteiger partial charge < -0.3 is 5.32 Å². The maximum absolute atomic E-state index is 3.63. The first-order valence-corrected chi connectivity index (χ1v) is 5.69. The molecule has 13 heavy (non-hydrogen) atoms. The molecule has 1 atom stereocenters. The van der Waals surface area contributed by atoms with Gasteiger partial charge in [0, 0.05) is 31.7 Å². The van der Waals surface area contributed by atoms with E-state index in [1.165, 1.54) is 45.4 Å². The first-order valence-electron chi connectivity index (χ1n) is 5.69. The average molecular weight is 182 g/mol. The molecule has 0 bridgehead atoms. The Labute approximate surface area is 81.7 Å². The van der Waals surface area contributed by atoms with Crippen LogP contribution in [0.25, 0.3) is 0 Å². The van der Waals surface area contributed by atoms with E-state index >= 15 is 0 Å². The summed E-state index contributed by atoms with van der Waals surface area (Å²) >= 11 is 0. The van der Waals surface area contributed by atoms with Crippen molar-refractivity contribution in [1.82, 2.24) is 10.2 Å². The number of nitrogens with zero attached hydrogens (tertiary/aromatic N) is 1. The van der Waals surface area contributed by atoms with Crippen LogP contribution in [-0.4, -0.2) is 36.6 Å². The SMILES string of the molecule is CCC1(C)CN(CC2CC2)CCN1. The normalized spacial score (nSPS) is 36.5. The molecule has 2 aliphatic rings. The number of piperazine rings is 1. The van der Waals surface area contributed by atoms with Gasteiger partial charge in [0.25, 0.3) is 0 Å². The predicted molar refractivity (Wildman–Crippen MR) is 55.9 cm³/mol. The Morgan fingerprint density at radius 1 is 1.46 bits per heavy atom. The summed E-state index contributed by atoms with van der Waals surface area (Å²) in [7, 11) is 0. The van der Waals surface area contributed by atoms with Gasteiger partial charge in [-0.3, -0.25) is 4.90 Å². The van der Waals surface area contributed by atoms with Crippen LogP contribution in [0.3, 0.4) is 0 Å². The van der Waals surface area contributed by atoms with Crippen molar-refractivity contribution in [2.45, 2.75) is 38.6 Å². The maximum Gasteiger partial charge on any atom is 0.0278 e. The van der Waals surface area contributed by atoms with Gasteiger partial charge in [0.05, 0.1) is 0 Å². The third-order valence-electron chi connectivity index (χ3n) is 3.55. The fourth-order valence-electron chi connectivity index (χ4n) is 2.20. The number of hydrogen-bond donors (Lipinski definition) is 1. The van der Waals surface area contributed by atoms with Crippen molar-refractivity contribution in [2.75, 3.05) is 26.2 Å². The minimum atomic E-state index is 0.382. The Kier molecular flexibility index (Phi) is 2.61. The first kappa shape index (κ1) is 9.47. The minimum Gasteiger partial charge on any atom is -0.309 e. The van der Waals surface area contributed by atoms with Crippen molar-refractivity contribution >= 4 is 0 Å². The second-order valence-corrected chi connectivity index (χ2v) is 5.02. The molecule has 1 saturated heterocycles. The van der Waals surface area contributed by atoms with E-state index in [1.807, 2.05) is 0 Å². The van der Waals surface area contributed by atoms with Crippen molar-refractivity contribution in [3.05, 3.63) is 0 Å². The summed E-state index contributed by atoms with van der Waals surface area (Å²) in [4.78, 5) is 2.65. The van der Waals surface area contributed by atoms with Crippen molar-refractivity contribution in [3.8, 4) is 0 Å². The summed E-state index contributed by atoms with van der Waals surface area (Å²) < 4.78 is 0. The molecule has 0 amide bonds. The van der Waals surface area contributed by atoms with Gasteiger partial charge in [-0.2, -0.15) is 0 Å². The lowest BCUT2D eigenvalue weighted by molar-refractivity contribution is 0.135. The molecule has 1 unspecified atom stereocenters. The maximum atomic E-state index is 3.63. The van der Waals surface area contributed by atoms with Crippen molar-refractivity contribution in [2.24, 2.45) is 5.92 Å². The Balaban J connectivity index is 1.83. The molecule has 1 heterocycles. The highest BCUT2D eigenvalue weighted by Gasteiger charge is 2.31. The van der Waals surface area contributed by atoms with Crippen molar-refractivity contribution in [3.63, 3.8) is 0 Å². The summed E-state index contributed by atoms with van der Waals surface area (Å²) in [6.45, 7) is 9.68. The lowest BCUT2D eigenvalue weighted by Crippen LogP contribution is -2.58. The molecule has 2 rings (SSSR count). The monoisotopic (exact) mass is 182 g/mol. The van der Waals surface area contributed by atoms with Crippen molar-refractivity contribution in [1.29, 1.82) is 0 Å². The highest BCUT2D eigenvalue weighted by molar-refractivity contribution is 4.91. The molecular formula is C11H22N2. The van der Waals surface area contributed by atoms with Crippen LogP contribution in [0.1, 0.15) is 33.1 Å². The fourth-order valence-corrected chi connectivity index (χ4v) is 2.20. The van der Waals surface area contributed by atoms with Crippen LogP contribution in [0.4, 0.5) is 0 Å². The molecule has 0 aromatic rings. The summed E-state index contributed by atoms with van der Waals surface area (Å²) in [5.41, 5.74) is 0.382. The standard InChI is InChI=1S/C11H22N2/c1-3-11(2)9-13(7-6-12-11)8-10-4-5-10/h10,12H,3-9H2,1-2H3. The summed E-state index contributed by atoms with van der Waals surface area (Å²) in [6, 6.07) is 0. The highest BCUT2D eigenvalue weighted by atomic mass is 15.2. The van der Waals surface area contributed by atoms with E-state index in [2.05, 4.69) is 24.1 Å². The summed E-state index contributed by atoms with van der Waals surface area (Å²) in [6.07, 6.45) is 4.20. The zero-order valence-electron chi connectivity index (χ0n) is 8.97. The second-order valence-electron chi connectivity index (χ2n) is 5.02. The Morgan fingerprint density at radius 3 is 2.85 bits per heavy atom.